The largest absolute Gasteiger partial charge is 0.378 e. The molecule has 1 rings (SSSR count). The normalized spacial score (nSPS) is 10.6. The molecule has 2 nitrogen and oxygen atoms in total. The molecule has 0 unspecified atom stereocenters. The maximum atomic E-state index is 4.16. The summed E-state index contributed by atoms with van der Waals surface area (Å²) in [5, 5.41) is 0. The molecular formula is C10H14N2. The van der Waals surface area contributed by atoms with E-state index in [1.54, 1.807) is 6.21 Å². The van der Waals surface area contributed by atoms with Crippen molar-refractivity contribution < 1.29 is 0 Å². The molecule has 12 heavy (non-hydrogen) atoms. The van der Waals surface area contributed by atoms with Gasteiger partial charge in [-0.05, 0) is 31.2 Å². The first-order chi connectivity index (χ1) is 5.74. The van der Waals surface area contributed by atoms with Gasteiger partial charge in [-0.15, -0.1) is 0 Å². The van der Waals surface area contributed by atoms with Crippen LogP contribution in [0, 0.1) is 0 Å². The summed E-state index contributed by atoms with van der Waals surface area (Å²) in [4.78, 5) is 6.23. The fourth-order valence-electron chi connectivity index (χ4n) is 0.986. The van der Waals surface area contributed by atoms with E-state index in [0.29, 0.717) is 0 Å². The van der Waals surface area contributed by atoms with E-state index in [9.17, 15) is 0 Å². The molecule has 2 heteroatoms. The maximum absolute atomic E-state index is 4.16. The van der Waals surface area contributed by atoms with Crippen LogP contribution >= 0.6 is 0 Å². The van der Waals surface area contributed by atoms with Crippen molar-refractivity contribution >= 4 is 17.6 Å². The van der Waals surface area contributed by atoms with E-state index in [-0.39, 0.29) is 0 Å². The quantitative estimate of drug-likeness (QED) is 0.610. The van der Waals surface area contributed by atoms with Crippen LogP contribution < -0.4 is 4.90 Å². The van der Waals surface area contributed by atoms with Crippen LogP contribution in [0.2, 0.25) is 0 Å². The Kier molecular flexibility index (Phi) is 2.86. The van der Waals surface area contributed by atoms with E-state index in [0.717, 1.165) is 5.69 Å². The van der Waals surface area contributed by atoms with Crippen LogP contribution in [-0.4, -0.2) is 20.3 Å². The molecule has 0 saturated carbocycles. The summed E-state index contributed by atoms with van der Waals surface area (Å²) in [5.74, 6) is 0. The van der Waals surface area contributed by atoms with Gasteiger partial charge in [0.15, 0.2) is 0 Å². The standard InChI is InChI=1S/C10H14N2/c1-4-11-9-5-7-10(8-6-9)12(2)3/h4-8H,1-3H3. The smallest absolute Gasteiger partial charge is 0.0627 e. The van der Waals surface area contributed by atoms with Gasteiger partial charge in [-0.1, -0.05) is 0 Å². The number of hydrogen-bond acceptors (Lipinski definition) is 2. The summed E-state index contributed by atoms with van der Waals surface area (Å²) in [7, 11) is 4.05. The minimum atomic E-state index is 1.00. The van der Waals surface area contributed by atoms with Crippen molar-refractivity contribution in [1.29, 1.82) is 0 Å². The molecule has 1 aromatic carbocycles. The number of benzene rings is 1. The number of rotatable bonds is 2. The lowest BCUT2D eigenvalue weighted by atomic mass is 10.3. The SMILES string of the molecule is CC=Nc1ccc(N(C)C)cc1. The minimum absolute atomic E-state index is 1.00. The van der Waals surface area contributed by atoms with Crippen LogP contribution in [0.1, 0.15) is 6.92 Å². The van der Waals surface area contributed by atoms with Gasteiger partial charge in [0, 0.05) is 26.0 Å². The summed E-state index contributed by atoms with van der Waals surface area (Å²) >= 11 is 0. The highest BCUT2D eigenvalue weighted by Gasteiger charge is 1.92. The molecule has 0 saturated heterocycles. The van der Waals surface area contributed by atoms with Crippen molar-refractivity contribution in [3.63, 3.8) is 0 Å². The molecule has 0 atom stereocenters. The number of nitrogens with zero attached hydrogens (tertiary/aromatic N) is 2. The second-order valence-corrected chi connectivity index (χ2v) is 2.80. The summed E-state index contributed by atoms with van der Waals surface area (Å²) < 4.78 is 0. The van der Waals surface area contributed by atoms with Crippen LogP contribution in [0.15, 0.2) is 29.3 Å². The van der Waals surface area contributed by atoms with Gasteiger partial charge in [-0.2, -0.15) is 0 Å². The first kappa shape index (κ1) is 8.78. The highest BCUT2D eigenvalue weighted by molar-refractivity contribution is 5.62. The molecule has 0 aliphatic rings. The Morgan fingerprint density at radius 1 is 1.17 bits per heavy atom. The zero-order valence-electron chi connectivity index (χ0n) is 7.78. The van der Waals surface area contributed by atoms with Gasteiger partial charge in [0.25, 0.3) is 0 Å². The third-order valence-corrected chi connectivity index (χ3v) is 1.64. The van der Waals surface area contributed by atoms with Gasteiger partial charge in [0.05, 0.1) is 5.69 Å². The van der Waals surface area contributed by atoms with Gasteiger partial charge in [0.2, 0.25) is 0 Å². The number of aliphatic imine (C=N–C) groups is 1. The maximum Gasteiger partial charge on any atom is 0.0627 e. The lowest BCUT2D eigenvalue weighted by molar-refractivity contribution is 1.13. The molecular weight excluding hydrogens is 148 g/mol. The van der Waals surface area contributed by atoms with Gasteiger partial charge < -0.3 is 4.90 Å². The fourth-order valence-corrected chi connectivity index (χ4v) is 0.986. The highest BCUT2D eigenvalue weighted by Crippen LogP contribution is 2.17. The van der Waals surface area contributed by atoms with Crippen molar-refractivity contribution in [2.45, 2.75) is 6.92 Å². The predicted molar refractivity (Wildman–Crippen MR) is 54.6 cm³/mol. The van der Waals surface area contributed by atoms with Crippen LogP contribution in [0.3, 0.4) is 0 Å². The summed E-state index contributed by atoms with van der Waals surface area (Å²) in [6, 6.07) is 8.13. The van der Waals surface area contributed by atoms with Gasteiger partial charge >= 0.3 is 0 Å². The summed E-state index contributed by atoms with van der Waals surface area (Å²) in [6.45, 7) is 1.92. The van der Waals surface area contributed by atoms with Crippen molar-refractivity contribution in [2.75, 3.05) is 19.0 Å². The first-order valence-corrected chi connectivity index (χ1v) is 4.00. The van der Waals surface area contributed by atoms with Gasteiger partial charge in [-0.3, -0.25) is 4.99 Å². The Balaban J connectivity index is 2.85. The molecule has 0 spiro atoms. The fraction of sp³-hybridized carbons (Fsp3) is 0.300. The van der Waals surface area contributed by atoms with E-state index in [2.05, 4.69) is 22.0 Å². The molecule has 64 valence electrons. The van der Waals surface area contributed by atoms with Crippen molar-refractivity contribution in [1.82, 2.24) is 0 Å². The van der Waals surface area contributed by atoms with Gasteiger partial charge in [0.1, 0.15) is 0 Å². The Hall–Kier alpha value is -1.31. The molecule has 0 aromatic heterocycles. The highest BCUT2D eigenvalue weighted by atomic mass is 15.1. The van der Waals surface area contributed by atoms with Crippen LogP contribution in [-0.2, 0) is 0 Å². The van der Waals surface area contributed by atoms with Gasteiger partial charge in [-0.25, -0.2) is 0 Å². The number of anilines is 1. The third kappa shape index (κ3) is 2.09. The average molecular weight is 162 g/mol. The predicted octanol–water partition coefficient (Wildman–Crippen LogP) is 2.47. The lowest BCUT2D eigenvalue weighted by Gasteiger charge is -2.11. The first-order valence-electron chi connectivity index (χ1n) is 4.00. The second kappa shape index (κ2) is 3.90. The van der Waals surface area contributed by atoms with Crippen LogP contribution in [0.4, 0.5) is 11.4 Å². The molecule has 0 fully saturated rings. The molecule has 0 amide bonds. The summed E-state index contributed by atoms with van der Waals surface area (Å²) in [6.07, 6.45) is 1.80. The minimum Gasteiger partial charge on any atom is -0.378 e. The summed E-state index contributed by atoms with van der Waals surface area (Å²) in [5.41, 5.74) is 2.20. The van der Waals surface area contributed by atoms with E-state index in [1.807, 2.05) is 33.2 Å². The van der Waals surface area contributed by atoms with Crippen molar-refractivity contribution in [3.05, 3.63) is 24.3 Å². The zero-order chi connectivity index (χ0) is 8.97. The van der Waals surface area contributed by atoms with Crippen molar-refractivity contribution in [2.24, 2.45) is 4.99 Å². The topological polar surface area (TPSA) is 15.6 Å². The molecule has 0 bridgehead atoms. The molecule has 0 aliphatic heterocycles. The van der Waals surface area contributed by atoms with E-state index in [4.69, 9.17) is 0 Å². The molecule has 0 radical (unpaired) electrons. The average Bonchev–Trinajstić information content (AvgIpc) is 2.06. The molecule has 1 aromatic rings. The zero-order valence-corrected chi connectivity index (χ0v) is 7.78. The monoisotopic (exact) mass is 162 g/mol. The Morgan fingerprint density at radius 2 is 1.75 bits per heavy atom. The van der Waals surface area contributed by atoms with Crippen LogP contribution in [0.25, 0.3) is 0 Å². The Morgan fingerprint density at radius 3 is 2.17 bits per heavy atom. The Bertz CT molecular complexity index is 260. The molecule has 0 heterocycles. The van der Waals surface area contributed by atoms with Crippen LogP contribution in [0.5, 0.6) is 0 Å². The van der Waals surface area contributed by atoms with E-state index in [1.165, 1.54) is 5.69 Å². The van der Waals surface area contributed by atoms with Crippen molar-refractivity contribution in [3.8, 4) is 0 Å². The van der Waals surface area contributed by atoms with E-state index < -0.39 is 0 Å². The second-order valence-electron chi connectivity index (χ2n) is 2.80. The third-order valence-electron chi connectivity index (χ3n) is 1.64. The molecule has 0 aliphatic carbocycles. The molecule has 0 N–H and O–H groups in total. The Labute approximate surface area is 73.5 Å². The number of hydrogen-bond donors (Lipinski definition) is 0. The van der Waals surface area contributed by atoms with E-state index >= 15 is 0 Å². The lowest BCUT2D eigenvalue weighted by Crippen LogP contribution is -2.07.